The average Bonchev–Trinajstić information content (AvgIpc) is 2.56. The molecule has 2 amide bonds. The van der Waals surface area contributed by atoms with Crippen LogP contribution in [0.3, 0.4) is 0 Å². The highest BCUT2D eigenvalue weighted by Crippen LogP contribution is 2.19. The normalized spacial score (nSPS) is 11.8. The van der Waals surface area contributed by atoms with Crippen molar-refractivity contribution in [3.63, 3.8) is 0 Å². The van der Waals surface area contributed by atoms with Crippen LogP contribution in [-0.4, -0.2) is 77.0 Å². The topological polar surface area (TPSA) is 162 Å². The summed E-state index contributed by atoms with van der Waals surface area (Å²) >= 11 is 0. The number of carboxylic acids is 1. The Morgan fingerprint density at radius 1 is 1.15 bits per heavy atom. The Hall–Kier alpha value is -1.01. The van der Waals surface area contributed by atoms with Crippen LogP contribution in [0, 0.1) is 5.41 Å². The lowest BCUT2D eigenvalue weighted by atomic mass is 9.87. The number of carboxylic acid groups (broad SMARTS) is 1. The first-order chi connectivity index (χ1) is 12.1. The minimum Gasteiger partial charge on any atom is -0.481 e. The van der Waals surface area contributed by atoms with E-state index in [0.717, 1.165) is 18.4 Å². The van der Waals surface area contributed by atoms with Crippen molar-refractivity contribution in [1.29, 1.82) is 0 Å². The lowest BCUT2D eigenvalue weighted by Crippen LogP contribution is -2.46. The van der Waals surface area contributed by atoms with E-state index < -0.39 is 23.4 Å². The molecule has 0 bridgehead atoms. The van der Waals surface area contributed by atoms with Crippen molar-refractivity contribution in [2.45, 2.75) is 33.3 Å². The monoisotopic (exact) mass is 414 g/mol. The highest BCUT2D eigenvalue weighted by Gasteiger charge is 2.32. The molecule has 0 saturated heterocycles. The average molecular weight is 415 g/mol. The van der Waals surface area contributed by atoms with Gasteiger partial charge in [0.25, 0.3) is 5.97 Å². The highest BCUT2D eigenvalue weighted by molar-refractivity contribution is 8.76. The lowest BCUT2D eigenvalue weighted by Gasteiger charge is -2.27. The van der Waals surface area contributed by atoms with E-state index in [0.29, 0.717) is 13.1 Å². The number of hydrogen-bond acceptors (Lipinski definition) is 8. The molecule has 0 saturated carbocycles. The van der Waals surface area contributed by atoms with Crippen molar-refractivity contribution >= 4 is 39.4 Å². The Labute approximate surface area is 163 Å². The molecule has 0 rings (SSSR count). The Bertz CT molecular complexity index is 426. The van der Waals surface area contributed by atoms with Gasteiger partial charge in [-0.2, -0.15) is 0 Å². The van der Waals surface area contributed by atoms with Crippen LogP contribution in [0.5, 0.6) is 0 Å². The van der Waals surface area contributed by atoms with Crippen LogP contribution < -0.4 is 16.4 Å². The molecule has 0 radical (unpaired) electrons. The van der Waals surface area contributed by atoms with Crippen LogP contribution in [0.15, 0.2) is 0 Å². The summed E-state index contributed by atoms with van der Waals surface area (Å²) in [6, 6.07) is 0. The van der Waals surface area contributed by atoms with Crippen LogP contribution in [0.2, 0.25) is 0 Å². The third-order valence-corrected chi connectivity index (χ3v) is 5.28. The van der Waals surface area contributed by atoms with Crippen molar-refractivity contribution < 1.29 is 31.1 Å². The van der Waals surface area contributed by atoms with Gasteiger partial charge in [-0.1, -0.05) is 35.4 Å². The molecule has 0 heterocycles. The maximum Gasteiger partial charge on any atom is 1.00 e. The summed E-state index contributed by atoms with van der Waals surface area (Å²) in [5, 5.41) is 31.5. The molecule has 0 aliphatic carbocycles. The zero-order valence-corrected chi connectivity index (χ0v) is 17.1. The molecule has 0 unspecified atom stereocenters. The first-order valence-electron chi connectivity index (χ1n) is 8.05. The zero-order valence-electron chi connectivity index (χ0n) is 16.5. The molecule has 0 aromatic rings. The third kappa shape index (κ3) is 16.5. The lowest BCUT2D eigenvalue weighted by molar-refractivity contribution is -0.137. The van der Waals surface area contributed by atoms with Gasteiger partial charge >= 0.3 is 1.43 Å². The maximum atomic E-state index is 11.7. The summed E-state index contributed by atoms with van der Waals surface area (Å²) in [4.78, 5) is 32.2. The smallest absolute Gasteiger partial charge is 0.481 e. The summed E-state index contributed by atoms with van der Waals surface area (Å²) in [5.74, 6) is 0.116. The molecular formula is C15H32N3O6S2+. The Morgan fingerprint density at radius 3 is 2.19 bits per heavy atom. The van der Waals surface area contributed by atoms with E-state index in [1.54, 1.807) is 35.4 Å². The SMILES string of the molecule is CC(=O)O.CC(C)(CO)[C@@H](O)C(=O)NCCC(=O)NCCSSCCN.[H+]. The Balaban J connectivity index is -0.00000104. The molecule has 9 nitrogen and oxygen atoms in total. The van der Waals surface area contributed by atoms with E-state index in [1.165, 1.54) is 0 Å². The Kier molecular flexibility index (Phi) is 16.9. The van der Waals surface area contributed by atoms with Gasteiger partial charge < -0.3 is 31.7 Å². The second-order valence-electron chi connectivity index (χ2n) is 5.89. The van der Waals surface area contributed by atoms with Gasteiger partial charge in [0.2, 0.25) is 11.8 Å². The van der Waals surface area contributed by atoms with Crippen molar-refractivity contribution in [3.8, 4) is 0 Å². The highest BCUT2D eigenvalue weighted by atomic mass is 33.1. The van der Waals surface area contributed by atoms with E-state index in [2.05, 4.69) is 10.6 Å². The Morgan fingerprint density at radius 2 is 1.69 bits per heavy atom. The summed E-state index contributed by atoms with van der Waals surface area (Å²) in [7, 11) is 3.32. The van der Waals surface area contributed by atoms with Crippen LogP contribution in [0.1, 0.15) is 28.6 Å². The van der Waals surface area contributed by atoms with Gasteiger partial charge in [0, 0.05) is 49.9 Å². The number of aliphatic hydroxyl groups is 2. The van der Waals surface area contributed by atoms with E-state index in [-0.39, 0.29) is 26.9 Å². The standard InChI is InChI=1S/C13H27N3O4S2.C2H4O2/c1-13(2,9-17)11(19)12(20)16-5-3-10(18)15-6-8-22-21-7-4-14;1-2(3)4/h11,17,19H,3-9,14H2,1-2H3,(H,15,18)(H,16,20);1H3,(H,3,4)/p+1/t11-;/m0./s1. The van der Waals surface area contributed by atoms with E-state index in [9.17, 15) is 14.7 Å². The van der Waals surface area contributed by atoms with Crippen LogP contribution in [0.25, 0.3) is 0 Å². The summed E-state index contributed by atoms with van der Waals surface area (Å²) < 4.78 is 0. The molecule has 154 valence electrons. The number of hydrogen-bond donors (Lipinski definition) is 6. The minimum absolute atomic E-state index is 0. The van der Waals surface area contributed by atoms with E-state index >= 15 is 0 Å². The molecule has 0 aliphatic heterocycles. The summed E-state index contributed by atoms with van der Waals surface area (Å²) in [6.07, 6.45) is -1.16. The summed E-state index contributed by atoms with van der Waals surface area (Å²) in [6.45, 7) is 5.31. The second kappa shape index (κ2) is 16.2. The van der Waals surface area contributed by atoms with E-state index in [1.807, 2.05) is 0 Å². The fourth-order valence-corrected chi connectivity index (χ4v) is 3.09. The largest absolute Gasteiger partial charge is 1.00 e. The minimum atomic E-state index is -1.31. The van der Waals surface area contributed by atoms with Gasteiger partial charge in [-0.05, 0) is 0 Å². The molecule has 26 heavy (non-hydrogen) atoms. The van der Waals surface area contributed by atoms with Gasteiger partial charge in [-0.25, -0.2) is 0 Å². The third-order valence-electron chi connectivity index (χ3n) is 2.84. The number of rotatable bonds is 12. The van der Waals surface area contributed by atoms with Crippen LogP contribution in [-0.2, 0) is 14.4 Å². The molecule has 0 aliphatic rings. The molecule has 0 aromatic heterocycles. The van der Waals surface area contributed by atoms with Crippen molar-refractivity contribution in [2.24, 2.45) is 11.1 Å². The number of nitrogens with two attached hydrogens (primary N) is 1. The number of aliphatic carboxylic acids is 1. The van der Waals surface area contributed by atoms with Crippen molar-refractivity contribution in [3.05, 3.63) is 0 Å². The fourth-order valence-electron chi connectivity index (χ4n) is 1.32. The van der Waals surface area contributed by atoms with Gasteiger partial charge in [0.05, 0.1) is 6.61 Å². The number of aliphatic hydroxyl groups excluding tert-OH is 2. The van der Waals surface area contributed by atoms with E-state index in [4.69, 9.17) is 20.7 Å². The molecule has 0 spiro atoms. The van der Waals surface area contributed by atoms with Gasteiger partial charge in [0.15, 0.2) is 0 Å². The van der Waals surface area contributed by atoms with Crippen LogP contribution >= 0.6 is 21.6 Å². The van der Waals surface area contributed by atoms with Gasteiger partial charge in [-0.15, -0.1) is 0 Å². The molecule has 0 aromatic carbocycles. The maximum absolute atomic E-state index is 11.7. The predicted octanol–water partition coefficient (Wildman–Crippen LogP) is -0.468. The molecule has 11 heteroatoms. The number of carbonyl (C=O) groups is 3. The summed E-state index contributed by atoms with van der Waals surface area (Å²) in [5.41, 5.74) is 4.45. The molecule has 1 atom stereocenters. The molecule has 0 fully saturated rings. The second-order valence-corrected chi connectivity index (χ2v) is 8.59. The fraction of sp³-hybridized carbons (Fsp3) is 0.800. The number of amides is 2. The zero-order chi connectivity index (χ0) is 20.6. The van der Waals surface area contributed by atoms with Crippen molar-refractivity contribution in [1.82, 2.24) is 10.6 Å². The van der Waals surface area contributed by atoms with Gasteiger partial charge in [0.1, 0.15) is 6.10 Å². The first-order valence-corrected chi connectivity index (χ1v) is 10.5. The number of nitrogens with one attached hydrogen (secondary N) is 2. The molecular weight excluding hydrogens is 382 g/mol. The van der Waals surface area contributed by atoms with Crippen LogP contribution in [0.4, 0.5) is 0 Å². The number of carbonyl (C=O) groups excluding carboxylic acids is 2. The molecule has 7 N–H and O–H groups in total. The first kappa shape index (κ1) is 27.2. The predicted molar refractivity (Wildman–Crippen MR) is 106 cm³/mol. The van der Waals surface area contributed by atoms with Gasteiger partial charge in [-0.3, -0.25) is 14.4 Å². The van der Waals surface area contributed by atoms with Crippen molar-refractivity contribution in [2.75, 3.05) is 37.7 Å². The quantitative estimate of drug-likeness (QED) is 0.183.